The maximum Gasteiger partial charge on any atom is 0.342 e. The molecule has 0 aliphatic rings. The molecule has 2 aromatic carbocycles. The maximum absolute atomic E-state index is 12.0. The van der Waals surface area contributed by atoms with Gasteiger partial charge in [0.05, 0.1) is 21.3 Å². The Morgan fingerprint density at radius 3 is 2.26 bits per heavy atom. The number of aromatic nitrogens is 2. The van der Waals surface area contributed by atoms with Crippen LogP contribution in [0.15, 0.2) is 50.9 Å². The normalized spacial score (nSPS) is 11.3. The molecule has 3 rings (SSSR count). The number of anilines is 1. The van der Waals surface area contributed by atoms with E-state index in [1.54, 1.807) is 39.5 Å². The van der Waals surface area contributed by atoms with Crippen LogP contribution in [0.5, 0.6) is 17.2 Å². The second-order valence-corrected chi connectivity index (χ2v) is 7.98. The maximum atomic E-state index is 12.0. The molecule has 180 valence electrons. The van der Waals surface area contributed by atoms with E-state index in [1.807, 2.05) is 18.2 Å². The quantitative estimate of drug-likeness (QED) is 0.300. The zero-order valence-corrected chi connectivity index (χ0v) is 20.5. The van der Waals surface area contributed by atoms with Crippen LogP contribution in [0.2, 0.25) is 0 Å². The Bertz CT molecular complexity index is 1150. The average Bonchev–Trinajstić information content (AvgIpc) is 3.33. The summed E-state index contributed by atoms with van der Waals surface area (Å²) in [6.07, 6.45) is 1.52. The van der Waals surface area contributed by atoms with Crippen molar-refractivity contribution in [1.82, 2.24) is 10.2 Å². The summed E-state index contributed by atoms with van der Waals surface area (Å²) >= 11 is 0.859. The summed E-state index contributed by atoms with van der Waals surface area (Å²) in [6.45, 7) is 5.85. The molecule has 0 fully saturated rings. The molecule has 1 heterocycles. The Morgan fingerprint density at radius 2 is 1.71 bits per heavy atom. The first-order valence-corrected chi connectivity index (χ1v) is 11.4. The fraction of sp³-hybridized carbons (Fsp3) is 0.292. The zero-order valence-electron chi connectivity index (χ0n) is 19.7. The summed E-state index contributed by atoms with van der Waals surface area (Å²) < 4.78 is 21.8. The number of carboxylic acid groups (broad SMARTS) is 1. The minimum absolute atomic E-state index is 0.00677. The standard InChI is InChI=1S/C24H27N3O6S/c1-6-27(7-2)17-9-8-15(20(13-17)32-5)12-21(23(28)29)34-24-26-25-22(33-24)16-10-18(30-3)14-19(11-16)31-4/h8-14H,6-7H2,1-5H3,(H,28,29)/b21-12-. The number of nitrogens with zero attached hydrogens (tertiary/aromatic N) is 3. The van der Waals surface area contributed by atoms with Gasteiger partial charge in [-0.2, -0.15) is 0 Å². The Morgan fingerprint density at radius 1 is 1.03 bits per heavy atom. The van der Waals surface area contributed by atoms with E-state index in [2.05, 4.69) is 28.9 Å². The first-order valence-electron chi connectivity index (χ1n) is 10.5. The fourth-order valence-corrected chi connectivity index (χ4v) is 3.94. The Balaban J connectivity index is 1.90. The molecule has 3 aromatic rings. The van der Waals surface area contributed by atoms with Crippen molar-refractivity contribution in [1.29, 1.82) is 0 Å². The summed E-state index contributed by atoms with van der Waals surface area (Å²) in [7, 11) is 4.64. The van der Waals surface area contributed by atoms with E-state index >= 15 is 0 Å². The SMILES string of the molecule is CCN(CC)c1ccc(/C=C(\Sc2nnc(-c3cc(OC)cc(OC)c3)o2)C(=O)O)c(OC)c1. The molecule has 0 aliphatic carbocycles. The molecule has 1 N–H and O–H groups in total. The van der Waals surface area contributed by atoms with Gasteiger partial charge in [-0.3, -0.25) is 0 Å². The lowest BCUT2D eigenvalue weighted by Gasteiger charge is -2.22. The van der Waals surface area contributed by atoms with Gasteiger partial charge in [0, 0.05) is 42.0 Å². The second kappa shape index (κ2) is 11.5. The van der Waals surface area contributed by atoms with Gasteiger partial charge in [0.25, 0.3) is 5.22 Å². The number of thioether (sulfide) groups is 1. The molecule has 0 saturated carbocycles. The molecule has 0 amide bonds. The summed E-state index contributed by atoms with van der Waals surface area (Å²) in [5, 5.41) is 17.9. The highest BCUT2D eigenvalue weighted by molar-refractivity contribution is 8.03. The highest BCUT2D eigenvalue weighted by Crippen LogP contribution is 2.35. The van der Waals surface area contributed by atoms with Crippen LogP contribution in [-0.4, -0.2) is 55.7 Å². The van der Waals surface area contributed by atoms with E-state index in [0.29, 0.717) is 28.4 Å². The van der Waals surface area contributed by atoms with Crippen LogP contribution in [0.4, 0.5) is 5.69 Å². The van der Waals surface area contributed by atoms with Crippen molar-refractivity contribution in [2.75, 3.05) is 39.3 Å². The summed E-state index contributed by atoms with van der Waals surface area (Å²) in [5.74, 6) is 0.785. The van der Waals surface area contributed by atoms with E-state index in [-0.39, 0.29) is 16.0 Å². The molecule has 0 spiro atoms. The molecule has 0 atom stereocenters. The molecular formula is C24H27N3O6S. The van der Waals surface area contributed by atoms with Gasteiger partial charge in [-0.15, -0.1) is 10.2 Å². The van der Waals surface area contributed by atoms with Gasteiger partial charge in [0.1, 0.15) is 22.2 Å². The molecule has 0 aliphatic heterocycles. The van der Waals surface area contributed by atoms with Crippen molar-refractivity contribution in [3.63, 3.8) is 0 Å². The van der Waals surface area contributed by atoms with Gasteiger partial charge < -0.3 is 28.6 Å². The second-order valence-electron chi connectivity index (χ2n) is 6.99. The number of methoxy groups -OCH3 is 3. The van der Waals surface area contributed by atoms with Gasteiger partial charge >= 0.3 is 5.97 Å². The number of rotatable bonds is 11. The fourth-order valence-electron chi connectivity index (χ4n) is 3.27. The molecule has 34 heavy (non-hydrogen) atoms. The molecule has 9 nitrogen and oxygen atoms in total. The Labute approximate surface area is 202 Å². The zero-order chi connectivity index (χ0) is 24.7. The topological polar surface area (TPSA) is 107 Å². The Hall–Kier alpha value is -3.66. The lowest BCUT2D eigenvalue weighted by Crippen LogP contribution is -2.21. The average molecular weight is 486 g/mol. The first kappa shape index (κ1) is 25.0. The van der Waals surface area contributed by atoms with Crippen LogP contribution in [0.25, 0.3) is 17.5 Å². The van der Waals surface area contributed by atoms with Gasteiger partial charge in [0.2, 0.25) is 5.89 Å². The van der Waals surface area contributed by atoms with Crippen molar-refractivity contribution in [2.45, 2.75) is 19.1 Å². The van der Waals surface area contributed by atoms with Crippen LogP contribution in [-0.2, 0) is 4.79 Å². The molecular weight excluding hydrogens is 458 g/mol. The van der Waals surface area contributed by atoms with E-state index < -0.39 is 5.97 Å². The monoisotopic (exact) mass is 485 g/mol. The summed E-state index contributed by atoms with van der Waals surface area (Å²) in [5.41, 5.74) is 2.21. The van der Waals surface area contributed by atoms with Gasteiger partial charge in [-0.25, -0.2) is 4.79 Å². The van der Waals surface area contributed by atoms with Gasteiger partial charge in [0.15, 0.2) is 0 Å². The molecule has 0 unspecified atom stereocenters. The number of carboxylic acids is 1. The lowest BCUT2D eigenvalue weighted by molar-refractivity contribution is -0.131. The molecule has 0 radical (unpaired) electrons. The predicted octanol–water partition coefficient (Wildman–Crippen LogP) is 4.83. The minimum Gasteiger partial charge on any atom is -0.497 e. The molecule has 0 saturated heterocycles. The van der Waals surface area contributed by atoms with Crippen LogP contribution >= 0.6 is 11.8 Å². The number of hydrogen-bond acceptors (Lipinski definition) is 9. The predicted molar refractivity (Wildman–Crippen MR) is 131 cm³/mol. The van der Waals surface area contributed by atoms with Crippen LogP contribution in [0.1, 0.15) is 19.4 Å². The summed E-state index contributed by atoms with van der Waals surface area (Å²) in [4.78, 5) is 14.1. The third-order valence-electron chi connectivity index (χ3n) is 5.05. The summed E-state index contributed by atoms with van der Waals surface area (Å²) in [6, 6.07) is 10.8. The third-order valence-corrected chi connectivity index (χ3v) is 5.90. The number of carbonyl (C=O) groups is 1. The van der Waals surface area contributed by atoms with Crippen molar-refractivity contribution in [2.24, 2.45) is 0 Å². The Kier molecular flexibility index (Phi) is 8.42. The number of benzene rings is 2. The minimum atomic E-state index is -1.12. The highest BCUT2D eigenvalue weighted by atomic mass is 32.2. The molecule has 0 bridgehead atoms. The van der Waals surface area contributed by atoms with Crippen LogP contribution in [0, 0.1) is 0 Å². The van der Waals surface area contributed by atoms with Gasteiger partial charge in [-0.05, 0) is 56.0 Å². The number of hydrogen-bond donors (Lipinski definition) is 1. The largest absolute Gasteiger partial charge is 0.497 e. The first-order chi connectivity index (χ1) is 16.4. The number of aliphatic carboxylic acids is 1. The highest BCUT2D eigenvalue weighted by Gasteiger charge is 2.18. The molecule has 1 aromatic heterocycles. The van der Waals surface area contributed by atoms with Gasteiger partial charge in [-0.1, -0.05) is 0 Å². The van der Waals surface area contributed by atoms with Crippen molar-refractivity contribution >= 4 is 29.5 Å². The van der Waals surface area contributed by atoms with Crippen LogP contribution in [0.3, 0.4) is 0 Å². The number of ether oxygens (including phenoxy) is 3. The van der Waals surface area contributed by atoms with Crippen molar-refractivity contribution in [3.8, 4) is 28.7 Å². The van der Waals surface area contributed by atoms with E-state index in [1.165, 1.54) is 6.08 Å². The van der Waals surface area contributed by atoms with E-state index in [4.69, 9.17) is 18.6 Å². The van der Waals surface area contributed by atoms with Crippen molar-refractivity contribution < 1.29 is 28.5 Å². The molecule has 10 heteroatoms. The van der Waals surface area contributed by atoms with Crippen molar-refractivity contribution in [3.05, 3.63) is 46.9 Å². The lowest BCUT2D eigenvalue weighted by atomic mass is 10.1. The van der Waals surface area contributed by atoms with E-state index in [0.717, 1.165) is 30.5 Å². The van der Waals surface area contributed by atoms with E-state index in [9.17, 15) is 9.90 Å². The third kappa shape index (κ3) is 5.82. The smallest absolute Gasteiger partial charge is 0.342 e. The van der Waals surface area contributed by atoms with Crippen LogP contribution < -0.4 is 19.1 Å².